The molecule has 1 aromatic heterocycles. The van der Waals surface area contributed by atoms with Crippen molar-refractivity contribution in [2.75, 3.05) is 32.7 Å². The van der Waals surface area contributed by atoms with Gasteiger partial charge < -0.3 is 10.2 Å². The van der Waals surface area contributed by atoms with E-state index in [1.807, 2.05) is 12.1 Å². The fraction of sp³-hybridized carbons (Fsp3) is 0.600. The first kappa shape index (κ1) is 17.5. The number of amides is 2. The van der Waals surface area contributed by atoms with Crippen LogP contribution in [0.1, 0.15) is 12.5 Å². The molecule has 1 N–H and O–H groups in total. The molecule has 1 fully saturated rings. The van der Waals surface area contributed by atoms with E-state index in [0.29, 0.717) is 26.1 Å². The normalized spacial score (nSPS) is 19.7. The Balaban J connectivity index is 1.74. The molecule has 128 valence electrons. The molecule has 0 saturated carbocycles. The molecule has 2 amide bonds. The summed E-state index contributed by atoms with van der Waals surface area (Å²) in [5.74, 6) is 0. The van der Waals surface area contributed by atoms with Crippen molar-refractivity contribution >= 4 is 6.03 Å². The molecule has 1 saturated heterocycles. The summed E-state index contributed by atoms with van der Waals surface area (Å²) in [7, 11) is 0. The number of halogens is 3. The van der Waals surface area contributed by atoms with Gasteiger partial charge in [-0.3, -0.25) is 9.88 Å². The zero-order valence-corrected chi connectivity index (χ0v) is 13.0. The molecular weight excluding hydrogens is 309 g/mol. The minimum absolute atomic E-state index is 0.229. The fourth-order valence-electron chi connectivity index (χ4n) is 2.62. The van der Waals surface area contributed by atoms with Crippen LogP contribution in [0.2, 0.25) is 0 Å². The maximum atomic E-state index is 12.5. The van der Waals surface area contributed by atoms with E-state index in [1.54, 1.807) is 24.2 Å². The van der Waals surface area contributed by atoms with Gasteiger partial charge in [0.2, 0.25) is 0 Å². The number of hydrogen-bond donors (Lipinski definition) is 1. The minimum Gasteiger partial charge on any atom is -0.338 e. The number of hydrogen-bond acceptors (Lipinski definition) is 3. The predicted octanol–water partition coefficient (Wildman–Crippen LogP) is 1.90. The van der Waals surface area contributed by atoms with Gasteiger partial charge in [0, 0.05) is 44.6 Å². The number of nitrogens with zero attached hydrogens (tertiary/aromatic N) is 3. The molecule has 1 aliphatic rings. The third-order valence-electron chi connectivity index (χ3n) is 3.85. The lowest BCUT2D eigenvalue weighted by molar-refractivity contribution is -0.153. The highest BCUT2D eigenvalue weighted by Crippen LogP contribution is 2.20. The number of carbonyl (C=O) groups is 1. The van der Waals surface area contributed by atoms with Gasteiger partial charge in [-0.2, -0.15) is 13.2 Å². The van der Waals surface area contributed by atoms with E-state index in [9.17, 15) is 18.0 Å². The number of nitrogens with one attached hydrogen (secondary N) is 1. The van der Waals surface area contributed by atoms with Crippen molar-refractivity contribution in [3.8, 4) is 0 Å². The molecule has 0 aliphatic carbocycles. The summed E-state index contributed by atoms with van der Waals surface area (Å²) in [5, 5.41) is 2.80. The van der Waals surface area contributed by atoms with Crippen LogP contribution in [0.5, 0.6) is 0 Å². The summed E-state index contributed by atoms with van der Waals surface area (Å²) >= 11 is 0. The molecule has 0 bridgehead atoms. The van der Waals surface area contributed by atoms with Gasteiger partial charge in [0.1, 0.15) is 0 Å². The van der Waals surface area contributed by atoms with Crippen molar-refractivity contribution in [2.24, 2.45) is 0 Å². The Morgan fingerprint density at radius 1 is 1.43 bits per heavy atom. The van der Waals surface area contributed by atoms with Crippen molar-refractivity contribution in [2.45, 2.75) is 25.6 Å². The van der Waals surface area contributed by atoms with E-state index in [1.165, 1.54) is 4.90 Å². The maximum Gasteiger partial charge on any atom is 0.401 e. The molecule has 1 unspecified atom stereocenters. The van der Waals surface area contributed by atoms with Gasteiger partial charge in [-0.15, -0.1) is 0 Å². The Labute approximate surface area is 133 Å². The highest BCUT2D eigenvalue weighted by Gasteiger charge is 2.35. The van der Waals surface area contributed by atoms with Crippen molar-refractivity contribution < 1.29 is 18.0 Å². The smallest absolute Gasteiger partial charge is 0.338 e. The zero-order valence-electron chi connectivity index (χ0n) is 13.0. The van der Waals surface area contributed by atoms with E-state index in [-0.39, 0.29) is 18.6 Å². The summed E-state index contributed by atoms with van der Waals surface area (Å²) < 4.78 is 37.4. The average molecular weight is 330 g/mol. The summed E-state index contributed by atoms with van der Waals surface area (Å²) in [6.07, 6.45) is -0.111. The van der Waals surface area contributed by atoms with Gasteiger partial charge in [-0.05, 0) is 25.0 Å². The lowest BCUT2D eigenvalue weighted by atomic mass is 10.2. The quantitative estimate of drug-likeness (QED) is 0.917. The summed E-state index contributed by atoms with van der Waals surface area (Å²) in [6, 6.07) is 3.22. The van der Waals surface area contributed by atoms with Gasteiger partial charge in [-0.25, -0.2) is 4.79 Å². The van der Waals surface area contributed by atoms with Gasteiger partial charge in [-0.1, -0.05) is 6.07 Å². The third-order valence-corrected chi connectivity index (χ3v) is 3.85. The molecule has 5 nitrogen and oxygen atoms in total. The maximum absolute atomic E-state index is 12.5. The molecule has 1 atom stereocenters. The van der Waals surface area contributed by atoms with Crippen LogP contribution < -0.4 is 5.32 Å². The van der Waals surface area contributed by atoms with Crippen molar-refractivity contribution in [3.05, 3.63) is 30.1 Å². The monoisotopic (exact) mass is 330 g/mol. The number of piperazine rings is 1. The Morgan fingerprint density at radius 3 is 2.83 bits per heavy atom. The molecule has 8 heteroatoms. The second-order valence-corrected chi connectivity index (χ2v) is 5.72. The van der Waals surface area contributed by atoms with Gasteiger partial charge >= 0.3 is 12.2 Å². The fourth-order valence-corrected chi connectivity index (χ4v) is 2.62. The highest BCUT2D eigenvalue weighted by atomic mass is 19.4. The van der Waals surface area contributed by atoms with Crippen molar-refractivity contribution in [1.82, 2.24) is 20.1 Å². The largest absolute Gasteiger partial charge is 0.401 e. The van der Waals surface area contributed by atoms with Crippen LogP contribution in [0.15, 0.2) is 24.5 Å². The summed E-state index contributed by atoms with van der Waals surface area (Å²) in [5.41, 5.74) is 1.02. The second-order valence-electron chi connectivity index (χ2n) is 5.72. The first-order valence-electron chi connectivity index (χ1n) is 7.57. The number of carbonyl (C=O) groups excluding carboxylic acids is 1. The standard InChI is InChI=1S/C15H21F3N4O/c1-12-10-21(7-8-22(12)11-15(16,17)18)14(23)20-6-4-13-3-2-5-19-9-13/h2-3,5,9,12H,4,6-8,10-11H2,1H3,(H,20,23). The number of rotatable bonds is 4. The number of aromatic nitrogens is 1. The minimum atomic E-state index is -4.21. The first-order chi connectivity index (χ1) is 10.8. The van der Waals surface area contributed by atoms with Gasteiger partial charge in [0.25, 0.3) is 0 Å². The van der Waals surface area contributed by atoms with Crippen LogP contribution in [-0.4, -0.2) is 65.8 Å². The molecule has 0 spiro atoms. The second kappa shape index (κ2) is 7.63. The molecular formula is C15H21F3N4O. The lowest BCUT2D eigenvalue weighted by Crippen LogP contribution is -2.57. The first-order valence-corrected chi connectivity index (χ1v) is 7.57. The molecule has 2 heterocycles. The SMILES string of the molecule is CC1CN(C(=O)NCCc2cccnc2)CCN1CC(F)(F)F. The lowest BCUT2D eigenvalue weighted by Gasteiger charge is -2.39. The molecule has 1 aliphatic heterocycles. The van der Waals surface area contributed by atoms with E-state index >= 15 is 0 Å². The topological polar surface area (TPSA) is 48.5 Å². The average Bonchev–Trinajstić information content (AvgIpc) is 2.49. The molecule has 2 rings (SSSR count). The molecule has 1 aromatic rings. The van der Waals surface area contributed by atoms with Crippen molar-refractivity contribution in [1.29, 1.82) is 0 Å². The van der Waals surface area contributed by atoms with Crippen LogP contribution in [-0.2, 0) is 6.42 Å². The van der Waals surface area contributed by atoms with E-state index in [4.69, 9.17) is 0 Å². The van der Waals surface area contributed by atoms with E-state index in [0.717, 1.165) is 5.56 Å². The summed E-state index contributed by atoms with van der Waals surface area (Å²) in [4.78, 5) is 19.0. The number of alkyl halides is 3. The highest BCUT2D eigenvalue weighted by molar-refractivity contribution is 5.74. The summed E-state index contributed by atoms with van der Waals surface area (Å²) in [6.45, 7) is 2.10. The zero-order chi connectivity index (χ0) is 16.9. The Bertz CT molecular complexity index is 509. The molecule has 0 aromatic carbocycles. The van der Waals surface area contributed by atoms with Crippen LogP contribution in [0.25, 0.3) is 0 Å². The van der Waals surface area contributed by atoms with Crippen molar-refractivity contribution in [3.63, 3.8) is 0 Å². The third kappa shape index (κ3) is 5.70. The van der Waals surface area contributed by atoms with Crippen LogP contribution in [0, 0.1) is 0 Å². The van der Waals surface area contributed by atoms with E-state index < -0.39 is 12.7 Å². The van der Waals surface area contributed by atoms with Gasteiger partial charge in [0.15, 0.2) is 0 Å². The molecule has 0 radical (unpaired) electrons. The molecule has 23 heavy (non-hydrogen) atoms. The van der Waals surface area contributed by atoms with E-state index in [2.05, 4.69) is 10.3 Å². The Morgan fingerprint density at radius 2 is 2.22 bits per heavy atom. The Hall–Kier alpha value is -1.83. The van der Waals surface area contributed by atoms with Gasteiger partial charge in [0.05, 0.1) is 6.54 Å². The van der Waals surface area contributed by atoms with Crippen LogP contribution in [0.3, 0.4) is 0 Å². The van der Waals surface area contributed by atoms with Crippen LogP contribution in [0.4, 0.5) is 18.0 Å². The number of pyridine rings is 1. The van der Waals surface area contributed by atoms with Crippen LogP contribution >= 0.6 is 0 Å². The number of urea groups is 1. The Kier molecular flexibility index (Phi) is 5.81. The predicted molar refractivity (Wildman–Crippen MR) is 80.0 cm³/mol.